The second-order valence-corrected chi connectivity index (χ2v) is 2.81. The lowest BCUT2D eigenvalue weighted by Gasteiger charge is -2.07. The van der Waals surface area contributed by atoms with Crippen LogP contribution in [0.2, 0.25) is 0 Å². The van der Waals surface area contributed by atoms with Crippen LogP contribution in [0.25, 0.3) is 0 Å². The van der Waals surface area contributed by atoms with Crippen LogP contribution >= 0.6 is 12.2 Å². The third-order valence-corrected chi connectivity index (χ3v) is 2.22. The molecule has 0 radical (unpaired) electrons. The number of nitrogens with two attached hydrogens (primary N) is 1. The summed E-state index contributed by atoms with van der Waals surface area (Å²) in [4.78, 5) is 11.2. The molecule has 0 aliphatic rings. The van der Waals surface area contributed by atoms with Gasteiger partial charge in [0.15, 0.2) is 10.5 Å². The highest BCUT2D eigenvalue weighted by molar-refractivity contribution is 7.71. The first-order chi connectivity index (χ1) is 5.46. The fourth-order valence-corrected chi connectivity index (χ4v) is 1.03. The molecule has 1 rings (SSSR count). The number of hydrogen-bond donors (Lipinski definition) is 2. The van der Waals surface area contributed by atoms with E-state index in [1.165, 1.54) is 23.2 Å². The van der Waals surface area contributed by atoms with Gasteiger partial charge in [0.25, 0.3) is 5.56 Å². The zero-order valence-corrected chi connectivity index (χ0v) is 7.55. The molecule has 0 aliphatic heterocycles. The maximum absolute atomic E-state index is 11.2. The largest absolute Gasteiger partial charge is 0.493 e. The number of nitrogen functional groups attached to an aromatic ring is 1. The fraction of sp³-hybridized carbons (Fsp3) is 0.333. The Morgan fingerprint density at radius 1 is 1.42 bits per heavy atom. The van der Waals surface area contributed by atoms with Crippen LogP contribution in [0.15, 0.2) is 4.79 Å². The van der Waals surface area contributed by atoms with E-state index in [0.29, 0.717) is 0 Å². The predicted molar refractivity (Wildman–Crippen MR) is 47.6 cm³/mol. The average molecular weight is 187 g/mol. The van der Waals surface area contributed by atoms with Crippen molar-refractivity contribution in [2.45, 2.75) is 0 Å². The van der Waals surface area contributed by atoms with E-state index >= 15 is 0 Å². The second-order valence-electron chi connectivity index (χ2n) is 2.44. The predicted octanol–water partition coefficient (Wildman–Crippen LogP) is -0.259. The van der Waals surface area contributed by atoms with Gasteiger partial charge in [-0.3, -0.25) is 13.9 Å². The van der Waals surface area contributed by atoms with E-state index in [9.17, 15) is 9.90 Å². The molecule has 66 valence electrons. The van der Waals surface area contributed by atoms with Gasteiger partial charge < -0.3 is 10.8 Å². The number of rotatable bonds is 0. The number of aromatic nitrogens is 2. The van der Waals surface area contributed by atoms with E-state index in [1.54, 1.807) is 0 Å². The quantitative estimate of drug-likeness (QED) is 0.549. The van der Waals surface area contributed by atoms with Gasteiger partial charge in [-0.05, 0) is 12.2 Å². The Balaban J connectivity index is 3.86. The van der Waals surface area contributed by atoms with Crippen molar-refractivity contribution in [1.82, 2.24) is 9.13 Å². The molecule has 1 heterocycles. The van der Waals surface area contributed by atoms with Gasteiger partial charge in [-0.2, -0.15) is 0 Å². The number of nitrogens with zero attached hydrogens (tertiary/aromatic N) is 2. The molecule has 3 N–H and O–H groups in total. The van der Waals surface area contributed by atoms with Crippen molar-refractivity contribution in [3.05, 3.63) is 15.1 Å². The zero-order chi connectivity index (χ0) is 9.46. The molecule has 0 saturated carbocycles. The molecular formula is C6H9N3O2S. The Labute approximate surface area is 73.7 Å². The summed E-state index contributed by atoms with van der Waals surface area (Å²) in [5, 5.41) is 9.25. The molecule has 6 heteroatoms. The van der Waals surface area contributed by atoms with Crippen LogP contribution in [0.4, 0.5) is 5.69 Å². The normalized spacial score (nSPS) is 10.2. The Morgan fingerprint density at radius 3 is 2.42 bits per heavy atom. The van der Waals surface area contributed by atoms with Crippen molar-refractivity contribution in [3.63, 3.8) is 0 Å². The highest BCUT2D eigenvalue weighted by Gasteiger charge is 2.08. The second kappa shape index (κ2) is 2.63. The first-order valence-electron chi connectivity index (χ1n) is 3.21. The van der Waals surface area contributed by atoms with Crippen molar-refractivity contribution >= 4 is 17.9 Å². The Hall–Kier alpha value is -1.30. The molecule has 5 nitrogen and oxygen atoms in total. The van der Waals surface area contributed by atoms with Gasteiger partial charge >= 0.3 is 0 Å². The summed E-state index contributed by atoms with van der Waals surface area (Å²) in [5.41, 5.74) is 4.64. The van der Waals surface area contributed by atoms with E-state index < -0.39 is 5.56 Å². The lowest BCUT2D eigenvalue weighted by atomic mass is 10.5. The van der Waals surface area contributed by atoms with Crippen molar-refractivity contribution in [2.75, 3.05) is 5.73 Å². The Morgan fingerprint density at radius 2 is 1.92 bits per heavy atom. The first kappa shape index (κ1) is 8.79. The summed E-state index contributed by atoms with van der Waals surface area (Å²) >= 11 is 4.84. The van der Waals surface area contributed by atoms with Gasteiger partial charge in [0.05, 0.1) is 0 Å². The number of anilines is 1. The lowest BCUT2D eigenvalue weighted by Crippen LogP contribution is -2.24. The molecule has 0 aliphatic carbocycles. The monoisotopic (exact) mass is 187 g/mol. The van der Waals surface area contributed by atoms with E-state index in [4.69, 9.17) is 18.0 Å². The minimum Gasteiger partial charge on any atom is -0.493 e. The van der Waals surface area contributed by atoms with E-state index in [2.05, 4.69) is 0 Å². The molecule has 0 spiro atoms. The highest BCUT2D eigenvalue weighted by atomic mass is 32.1. The van der Waals surface area contributed by atoms with E-state index in [-0.39, 0.29) is 16.3 Å². The van der Waals surface area contributed by atoms with Crippen molar-refractivity contribution in [1.29, 1.82) is 0 Å². The number of aromatic hydroxyl groups is 1. The molecule has 0 aromatic carbocycles. The van der Waals surface area contributed by atoms with Crippen LogP contribution in [0.5, 0.6) is 5.88 Å². The van der Waals surface area contributed by atoms with Gasteiger partial charge in [-0.15, -0.1) is 0 Å². The SMILES string of the molecule is Cn1c(O)c(N)c(=O)n(C)c1=S. The summed E-state index contributed by atoms with van der Waals surface area (Å²) in [6, 6.07) is 0. The third kappa shape index (κ3) is 1.00. The maximum Gasteiger partial charge on any atom is 0.281 e. The molecule has 0 amide bonds. The highest BCUT2D eigenvalue weighted by Crippen LogP contribution is 2.12. The van der Waals surface area contributed by atoms with Crippen molar-refractivity contribution in [2.24, 2.45) is 14.1 Å². The smallest absolute Gasteiger partial charge is 0.281 e. The van der Waals surface area contributed by atoms with Gasteiger partial charge in [0.2, 0.25) is 5.88 Å². The van der Waals surface area contributed by atoms with Crippen LogP contribution in [0.3, 0.4) is 0 Å². The third-order valence-electron chi connectivity index (χ3n) is 1.67. The van der Waals surface area contributed by atoms with Gasteiger partial charge in [0.1, 0.15) is 0 Å². The first-order valence-corrected chi connectivity index (χ1v) is 3.62. The Bertz CT molecular complexity index is 394. The molecule has 1 aromatic heterocycles. The van der Waals surface area contributed by atoms with Crippen LogP contribution in [-0.2, 0) is 14.1 Å². The topological polar surface area (TPSA) is 73.2 Å². The van der Waals surface area contributed by atoms with Gasteiger partial charge in [0, 0.05) is 14.1 Å². The molecule has 1 aromatic rings. The molecule has 0 fully saturated rings. The summed E-state index contributed by atoms with van der Waals surface area (Å²) in [6.07, 6.45) is 0. The average Bonchev–Trinajstić information content (AvgIpc) is 2.08. The van der Waals surface area contributed by atoms with Crippen LogP contribution in [0, 0.1) is 4.77 Å². The molecule has 12 heavy (non-hydrogen) atoms. The van der Waals surface area contributed by atoms with Crippen LogP contribution in [-0.4, -0.2) is 14.2 Å². The van der Waals surface area contributed by atoms with Crippen LogP contribution in [0.1, 0.15) is 0 Å². The van der Waals surface area contributed by atoms with Gasteiger partial charge in [-0.25, -0.2) is 0 Å². The minimum absolute atomic E-state index is 0.186. The lowest BCUT2D eigenvalue weighted by molar-refractivity contribution is 0.419. The number of hydrogen-bond acceptors (Lipinski definition) is 4. The summed E-state index contributed by atoms with van der Waals surface area (Å²) in [6.45, 7) is 0. The van der Waals surface area contributed by atoms with Crippen LogP contribution < -0.4 is 11.3 Å². The van der Waals surface area contributed by atoms with E-state index in [0.717, 1.165) is 0 Å². The van der Waals surface area contributed by atoms with Crippen molar-refractivity contribution < 1.29 is 5.11 Å². The molecular weight excluding hydrogens is 178 g/mol. The molecule has 0 bridgehead atoms. The van der Waals surface area contributed by atoms with Gasteiger partial charge in [-0.1, -0.05) is 0 Å². The Kier molecular flexibility index (Phi) is 1.93. The molecule has 0 saturated heterocycles. The zero-order valence-electron chi connectivity index (χ0n) is 6.74. The maximum atomic E-state index is 11.2. The minimum atomic E-state index is -0.476. The summed E-state index contributed by atoms with van der Waals surface area (Å²) in [5.74, 6) is -0.289. The standard InChI is InChI=1S/C6H9N3O2S/c1-8-4(10)3(7)5(11)9(2)6(8)12/h10H,7H2,1-2H3. The summed E-state index contributed by atoms with van der Waals surface area (Å²) in [7, 11) is 3.04. The summed E-state index contributed by atoms with van der Waals surface area (Å²) < 4.78 is 2.70. The fourth-order valence-electron chi connectivity index (χ4n) is 0.859. The van der Waals surface area contributed by atoms with E-state index in [1.807, 2.05) is 0 Å². The molecule has 0 unspecified atom stereocenters. The molecule has 0 atom stereocenters. The van der Waals surface area contributed by atoms with Crippen molar-refractivity contribution in [3.8, 4) is 5.88 Å².